The molecule has 3 aromatic rings. The first-order valence-corrected chi connectivity index (χ1v) is 10.1. The first-order chi connectivity index (χ1) is 14.2. The first-order valence-electron chi connectivity index (χ1n) is 10.1. The molecule has 1 unspecified atom stereocenters. The van der Waals surface area contributed by atoms with Crippen molar-refractivity contribution in [2.45, 2.75) is 38.5 Å². The molecular formula is C23H25N3O3. The Hall–Kier alpha value is -2.99. The molecule has 0 radical (unpaired) electrons. The monoisotopic (exact) mass is 391 g/mol. The van der Waals surface area contributed by atoms with Crippen LogP contribution in [0, 0.1) is 0 Å². The van der Waals surface area contributed by atoms with E-state index in [4.69, 9.17) is 4.74 Å². The van der Waals surface area contributed by atoms with Crippen molar-refractivity contribution in [1.29, 1.82) is 0 Å². The van der Waals surface area contributed by atoms with Crippen molar-refractivity contribution >= 4 is 16.8 Å². The number of rotatable bonds is 7. The van der Waals surface area contributed by atoms with Gasteiger partial charge in [-0.3, -0.25) is 14.3 Å². The van der Waals surface area contributed by atoms with Crippen LogP contribution >= 0.6 is 0 Å². The normalized spacial score (nSPS) is 16.2. The summed E-state index contributed by atoms with van der Waals surface area (Å²) in [5.74, 6) is 0.0638. The van der Waals surface area contributed by atoms with Crippen LogP contribution in [0.15, 0.2) is 65.6 Å². The smallest absolute Gasteiger partial charge is 0.224 e. The Morgan fingerprint density at radius 1 is 1.14 bits per heavy atom. The van der Waals surface area contributed by atoms with Crippen molar-refractivity contribution in [2.75, 3.05) is 13.2 Å². The van der Waals surface area contributed by atoms with Gasteiger partial charge in [0.15, 0.2) is 0 Å². The molecule has 2 aromatic carbocycles. The highest BCUT2D eigenvalue weighted by atomic mass is 16.5. The number of aryl methyl sites for hydroxylation is 1. The van der Waals surface area contributed by atoms with Gasteiger partial charge in [-0.1, -0.05) is 42.5 Å². The zero-order valence-electron chi connectivity index (χ0n) is 16.4. The molecular weight excluding hydrogens is 366 g/mol. The summed E-state index contributed by atoms with van der Waals surface area (Å²) in [5.41, 5.74) is 1.75. The van der Waals surface area contributed by atoms with Crippen LogP contribution in [0.25, 0.3) is 10.9 Å². The van der Waals surface area contributed by atoms with Gasteiger partial charge in [0.05, 0.1) is 24.4 Å². The number of nitrogens with zero attached hydrogens (tertiary/aromatic N) is 3. The first kappa shape index (κ1) is 19.3. The van der Waals surface area contributed by atoms with Crippen molar-refractivity contribution in [1.82, 2.24) is 14.7 Å². The summed E-state index contributed by atoms with van der Waals surface area (Å²) in [5, 5.41) is 4.85. The fraction of sp³-hybridized carbons (Fsp3) is 0.348. The molecule has 29 heavy (non-hydrogen) atoms. The van der Waals surface area contributed by atoms with E-state index in [1.807, 2.05) is 53.4 Å². The van der Waals surface area contributed by atoms with Gasteiger partial charge >= 0.3 is 0 Å². The zero-order chi connectivity index (χ0) is 20.1. The van der Waals surface area contributed by atoms with Gasteiger partial charge in [0.1, 0.15) is 0 Å². The number of aromatic nitrogens is 2. The van der Waals surface area contributed by atoms with Crippen LogP contribution in [0.4, 0.5) is 0 Å². The van der Waals surface area contributed by atoms with Crippen molar-refractivity contribution in [3.63, 3.8) is 0 Å². The summed E-state index contributed by atoms with van der Waals surface area (Å²) in [6.07, 6.45) is 3.78. The molecule has 1 amide bonds. The summed E-state index contributed by atoms with van der Waals surface area (Å²) in [6, 6.07) is 17.4. The van der Waals surface area contributed by atoms with Gasteiger partial charge in [0, 0.05) is 31.5 Å². The van der Waals surface area contributed by atoms with Crippen molar-refractivity contribution in [2.24, 2.45) is 0 Å². The van der Waals surface area contributed by atoms with Gasteiger partial charge in [0.2, 0.25) is 11.3 Å². The number of carbonyl (C=O) groups excluding carboxylic acids is 1. The summed E-state index contributed by atoms with van der Waals surface area (Å²) in [6.45, 7) is 2.37. The standard InChI is InChI=1S/C23H25N3O3/c27-22-15-24-26(21-11-5-4-10-20(21)22)13-12-23(28)25(17-19-9-6-14-29-19)16-18-7-2-1-3-8-18/h1-5,7-8,10-11,15,19H,6,9,12-14,16-17H2. The van der Waals surface area contributed by atoms with Crippen LogP contribution in [-0.2, 0) is 22.6 Å². The van der Waals surface area contributed by atoms with Crippen LogP contribution in [0.3, 0.4) is 0 Å². The summed E-state index contributed by atoms with van der Waals surface area (Å²) in [7, 11) is 0. The van der Waals surface area contributed by atoms with Crippen molar-refractivity contribution < 1.29 is 9.53 Å². The van der Waals surface area contributed by atoms with Gasteiger partial charge in [-0.15, -0.1) is 0 Å². The third-order valence-corrected chi connectivity index (χ3v) is 5.32. The lowest BCUT2D eigenvalue weighted by Crippen LogP contribution is -2.37. The number of hydrogen-bond acceptors (Lipinski definition) is 4. The predicted octanol–water partition coefficient (Wildman–Crippen LogP) is 2.99. The lowest BCUT2D eigenvalue weighted by atomic mass is 10.1. The van der Waals surface area contributed by atoms with E-state index in [1.54, 1.807) is 10.7 Å². The van der Waals surface area contributed by atoms with Crippen molar-refractivity contribution in [3.05, 3.63) is 76.6 Å². The van der Waals surface area contributed by atoms with Gasteiger partial charge in [0.25, 0.3) is 0 Å². The molecule has 1 aromatic heterocycles. The molecule has 1 aliphatic rings. The highest BCUT2D eigenvalue weighted by Crippen LogP contribution is 2.16. The average Bonchev–Trinajstić information content (AvgIpc) is 3.27. The maximum Gasteiger partial charge on any atom is 0.224 e. The maximum absolute atomic E-state index is 13.1. The van der Waals surface area contributed by atoms with Gasteiger partial charge in [-0.2, -0.15) is 5.10 Å². The van der Waals surface area contributed by atoms with E-state index in [1.165, 1.54) is 6.20 Å². The molecule has 2 heterocycles. The molecule has 1 aliphatic heterocycles. The predicted molar refractivity (Wildman–Crippen MR) is 111 cm³/mol. The largest absolute Gasteiger partial charge is 0.376 e. The molecule has 6 heteroatoms. The molecule has 0 saturated carbocycles. The lowest BCUT2D eigenvalue weighted by Gasteiger charge is -2.26. The number of carbonyl (C=O) groups is 1. The average molecular weight is 391 g/mol. The fourth-order valence-corrected chi connectivity index (χ4v) is 3.79. The number of amides is 1. The Labute approximate surface area is 169 Å². The Morgan fingerprint density at radius 2 is 1.93 bits per heavy atom. The molecule has 0 N–H and O–H groups in total. The fourth-order valence-electron chi connectivity index (χ4n) is 3.79. The van der Waals surface area contributed by atoms with Crippen LogP contribution in [-0.4, -0.2) is 39.8 Å². The summed E-state index contributed by atoms with van der Waals surface area (Å²) < 4.78 is 7.50. The Balaban J connectivity index is 1.49. The Morgan fingerprint density at radius 3 is 2.72 bits per heavy atom. The number of benzene rings is 2. The number of fused-ring (bicyclic) bond motifs is 1. The van der Waals surface area contributed by atoms with Gasteiger partial charge < -0.3 is 9.64 Å². The van der Waals surface area contributed by atoms with Gasteiger partial charge in [-0.25, -0.2) is 0 Å². The maximum atomic E-state index is 13.1. The number of hydrogen-bond donors (Lipinski definition) is 0. The quantitative estimate of drug-likeness (QED) is 0.621. The minimum atomic E-state index is -0.104. The molecule has 0 bridgehead atoms. The second-order valence-electron chi connectivity index (χ2n) is 7.39. The molecule has 0 spiro atoms. The highest BCUT2D eigenvalue weighted by Gasteiger charge is 2.23. The van der Waals surface area contributed by atoms with Crippen LogP contribution in [0.2, 0.25) is 0 Å². The molecule has 1 saturated heterocycles. The second kappa shape index (κ2) is 9.01. The zero-order valence-corrected chi connectivity index (χ0v) is 16.4. The van der Waals surface area contributed by atoms with E-state index >= 15 is 0 Å². The van der Waals surface area contributed by atoms with E-state index < -0.39 is 0 Å². The second-order valence-corrected chi connectivity index (χ2v) is 7.39. The summed E-state index contributed by atoms with van der Waals surface area (Å²) >= 11 is 0. The van der Waals surface area contributed by atoms with E-state index in [2.05, 4.69) is 5.10 Å². The molecule has 4 rings (SSSR count). The van der Waals surface area contributed by atoms with Crippen LogP contribution in [0.1, 0.15) is 24.8 Å². The Kier molecular flexibility index (Phi) is 6.00. The minimum absolute atomic E-state index is 0.0638. The molecule has 6 nitrogen and oxygen atoms in total. The Bertz CT molecular complexity index is 1030. The van der Waals surface area contributed by atoms with E-state index in [-0.39, 0.29) is 17.4 Å². The SMILES string of the molecule is O=C(CCn1ncc(=O)c2ccccc21)N(Cc1ccccc1)CC1CCCO1. The minimum Gasteiger partial charge on any atom is -0.376 e. The number of ether oxygens (including phenoxy) is 1. The summed E-state index contributed by atoms with van der Waals surface area (Å²) in [4.78, 5) is 27.0. The van der Waals surface area contributed by atoms with Crippen molar-refractivity contribution in [3.8, 4) is 0 Å². The number of para-hydroxylation sites is 1. The molecule has 1 fully saturated rings. The molecule has 150 valence electrons. The third kappa shape index (κ3) is 4.71. The lowest BCUT2D eigenvalue weighted by molar-refractivity contribution is -0.133. The van der Waals surface area contributed by atoms with Crippen LogP contribution in [0.5, 0.6) is 0 Å². The van der Waals surface area contributed by atoms with Crippen LogP contribution < -0.4 is 5.43 Å². The molecule has 1 atom stereocenters. The topological polar surface area (TPSA) is 64.4 Å². The van der Waals surface area contributed by atoms with E-state index in [0.29, 0.717) is 31.4 Å². The van der Waals surface area contributed by atoms with E-state index in [0.717, 1.165) is 30.5 Å². The molecule has 0 aliphatic carbocycles. The highest BCUT2D eigenvalue weighted by molar-refractivity contribution is 5.79. The van der Waals surface area contributed by atoms with Gasteiger partial charge in [-0.05, 0) is 30.5 Å². The third-order valence-electron chi connectivity index (χ3n) is 5.32. The van der Waals surface area contributed by atoms with E-state index in [9.17, 15) is 9.59 Å².